The maximum Gasteiger partial charge on any atom is -0.0119 e. The lowest BCUT2D eigenvalue weighted by Gasteiger charge is -2.18. The van der Waals surface area contributed by atoms with E-state index < -0.39 is 0 Å². The fourth-order valence-electron chi connectivity index (χ4n) is 5.24. The summed E-state index contributed by atoms with van der Waals surface area (Å²) in [5, 5.41) is 0. The summed E-state index contributed by atoms with van der Waals surface area (Å²) in [4.78, 5) is 0. The van der Waals surface area contributed by atoms with Crippen LogP contribution in [0.25, 0.3) is 33.4 Å². The second-order valence-corrected chi connectivity index (χ2v) is 9.74. The second kappa shape index (κ2) is 11.2. The molecule has 0 aliphatic carbocycles. The molecule has 5 rings (SSSR count). The summed E-state index contributed by atoms with van der Waals surface area (Å²) >= 11 is 0. The summed E-state index contributed by atoms with van der Waals surface area (Å²) in [6.45, 7) is 13.2. The van der Waals surface area contributed by atoms with Crippen molar-refractivity contribution in [2.24, 2.45) is 0 Å². The number of rotatable bonds is 3. The lowest BCUT2D eigenvalue weighted by Crippen LogP contribution is -1.95. The molecule has 0 saturated heterocycles. The lowest BCUT2D eigenvalue weighted by atomic mass is 9.86. The monoisotopic (exact) mass is 468 g/mol. The molecular formula is C36H36. The van der Waals surface area contributed by atoms with E-state index in [1.54, 1.807) is 0 Å². The van der Waals surface area contributed by atoms with Crippen molar-refractivity contribution in [3.8, 4) is 33.4 Å². The van der Waals surface area contributed by atoms with Gasteiger partial charge in [-0.15, -0.1) is 0 Å². The molecule has 5 aromatic rings. The molecule has 0 aliphatic heterocycles. The Hall–Kier alpha value is -3.90. The highest BCUT2D eigenvalue weighted by Gasteiger charge is 2.13. The molecule has 0 unspecified atom stereocenters. The maximum absolute atomic E-state index is 2.30. The fraction of sp³-hybridized carbons (Fsp3) is 0.167. The third-order valence-corrected chi connectivity index (χ3v) is 6.99. The second-order valence-electron chi connectivity index (χ2n) is 9.74. The molecule has 0 heteroatoms. The van der Waals surface area contributed by atoms with Gasteiger partial charge in [-0.1, -0.05) is 115 Å². The first kappa shape index (κ1) is 25.2. The van der Waals surface area contributed by atoms with Gasteiger partial charge in [0.2, 0.25) is 0 Å². The molecule has 0 fully saturated rings. The number of hydrogen-bond acceptors (Lipinski definition) is 0. The first-order valence-corrected chi connectivity index (χ1v) is 12.7. The Kier molecular flexibility index (Phi) is 7.86. The Morgan fingerprint density at radius 1 is 0.361 bits per heavy atom. The highest BCUT2D eigenvalue weighted by atomic mass is 14.2. The molecule has 0 N–H and O–H groups in total. The van der Waals surface area contributed by atoms with E-state index in [-0.39, 0.29) is 0 Å². The van der Waals surface area contributed by atoms with E-state index in [2.05, 4.69) is 151 Å². The average molecular weight is 469 g/mol. The first-order valence-electron chi connectivity index (χ1n) is 12.7. The van der Waals surface area contributed by atoms with E-state index >= 15 is 0 Å². The SMILES string of the molecule is Cc1cc(C)c(-c2ccccc2)c(C)c1-c1ccccc1.Cc1cc(C)c(C)c(-c2ccccc2)c1. The zero-order chi connectivity index (χ0) is 25.7. The molecule has 0 nitrogen and oxygen atoms in total. The highest BCUT2D eigenvalue weighted by Crippen LogP contribution is 2.36. The summed E-state index contributed by atoms with van der Waals surface area (Å²) in [5.41, 5.74) is 16.1. The lowest BCUT2D eigenvalue weighted by molar-refractivity contribution is 1.30. The van der Waals surface area contributed by atoms with Crippen molar-refractivity contribution in [2.75, 3.05) is 0 Å². The topological polar surface area (TPSA) is 0 Å². The van der Waals surface area contributed by atoms with Crippen LogP contribution in [0.1, 0.15) is 33.4 Å². The molecule has 5 aromatic carbocycles. The van der Waals surface area contributed by atoms with E-state index in [4.69, 9.17) is 0 Å². The number of hydrogen-bond donors (Lipinski definition) is 0. The summed E-state index contributed by atoms with van der Waals surface area (Å²) in [6, 6.07) is 38.7. The van der Waals surface area contributed by atoms with Gasteiger partial charge in [-0.2, -0.15) is 0 Å². The van der Waals surface area contributed by atoms with Gasteiger partial charge in [0.25, 0.3) is 0 Å². The van der Waals surface area contributed by atoms with Crippen LogP contribution in [0.4, 0.5) is 0 Å². The van der Waals surface area contributed by atoms with Crippen LogP contribution in [0.15, 0.2) is 109 Å². The van der Waals surface area contributed by atoms with E-state index in [1.165, 1.54) is 66.8 Å². The van der Waals surface area contributed by atoms with E-state index in [0.29, 0.717) is 0 Å². The van der Waals surface area contributed by atoms with Crippen molar-refractivity contribution in [1.82, 2.24) is 0 Å². The molecule has 0 spiro atoms. The van der Waals surface area contributed by atoms with Gasteiger partial charge in [0, 0.05) is 0 Å². The van der Waals surface area contributed by atoms with Gasteiger partial charge in [0.1, 0.15) is 0 Å². The first-order chi connectivity index (χ1) is 17.4. The summed E-state index contributed by atoms with van der Waals surface area (Å²) in [6.07, 6.45) is 0. The Morgan fingerprint density at radius 3 is 1.22 bits per heavy atom. The zero-order valence-electron chi connectivity index (χ0n) is 22.4. The molecule has 0 heterocycles. The van der Waals surface area contributed by atoms with Gasteiger partial charge in [0.15, 0.2) is 0 Å². The molecule has 0 saturated carbocycles. The minimum absolute atomic E-state index is 1.30. The normalized spacial score (nSPS) is 10.5. The quantitative estimate of drug-likeness (QED) is 0.247. The van der Waals surface area contributed by atoms with Crippen LogP contribution >= 0.6 is 0 Å². The Morgan fingerprint density at radius 2 is 0.778 bits per heavy atom. The largest absolute Gasteiger partial charge is 0.0622 e. The van der Waals surface area contributed by atoms with Gasteiger partial charge in [-0.3, -0.25) is 0 Å². The van der Waals surface area contributed by atoms with Crippen molar-refractivity contribution in [1.29, 1.82) is 0 Å². The highest BCUT2D eigenvalue weighted by molar-refractivity contribution is 5.82. The predicted octanol–water partition coefficient (Wildman–Crippen LogP) is 10.2. The van der Waals surface area contributed by atoms with Crippen LogP contribution in [-0.4, -0.2) is 0 Å². The number of aryl methyl sites for hydroxylation is 4. The molecule has 0 atom stereocenters. The Balaban J connectivity index is 0.000000179. The fourth-order valence-corrected chi connectivity index (χ4v) is 5.24. The van der Waals surface area contributed by atoms with Crippen molar-refractivity contribution in [2.45, 2.75) is 41.5 Å². The molecule has 0 bridgehead atoms. The van der Waals surface area contributed by atoms with E-state index in [0.717, 1.165) is 0 Å². The molecule has 0 aliphatic rings. The van der Waals surface area contributed by atoms with Gasteiger partial charge in [-0.05, 0) is 103 Å². The molecule has 180 valence electrons. The Bertz CT molecular complexity index is 1380. The molecule has 0 aromatic heterocycles. The van der Waals surface area contributed by atoms with Crippen LogP contribution < -0.4 is 0 Å². The van der Waals surface area contributed by atoms with E-state index in [1.807, 2.05) is 0 Å². The van der Waals surface area contributed by atoms with Crippen molar-refractivity contribution in [3.63, 3.8) is 0 Å². The predicted molar refractivity (Wildman–Crippen MR) is 158 cm³/mol. The van der Waals surface area contributed by atoms with Gasteiger partial charge in [-0.25, -0.2) is 0 Å². The van der Waals surface area contributed by atoms with Gasteiger partial charge in [0.05, 0.1) is 0 Å². The van der Waals surface area contributed by atoms with Gasteiger partial charge >= 0.3 is 0 Å². The minimum atomic E-state index is 1.30. The zero-order valence-corrected chi connectivity index (χ0v) is 22.4. The van der Waals surface area contributed by atoms with Crippen LogP contribution in [0.2, 0.25) is 0 Å². The van der Waals surface area contributed by atoms with E-state index in [9.17, 15) is 0 Å². The third-order valence-electron chi connectivity index (χ3n) is 6.99. The van der Waals surface area contributed by atoms with Crippen LogP contribution in [0, 0.1) is 41.5 Å². The molecule has 0 radical (unpaired) electrons. The van der Waals surface area contributed by atoms with Crippen molar-refractivity contribution >= 4 is 0 Å². The molecular weight excluding hydrogens is 432 g/mol. The molecule has 0 amide bonds. The summed E-state index contributed by atoms with van der Waals surface area (Å²) < 4.78 is 0. The average Bonchev–Trinajstić information content (AvgIpc) is 2.88. The van der Waals surface area contributed by atoms with Crippen LogP contribution in [0.5, 0.6) is 0 Å². The third kappa shape index (κ3) is 5.50. The van der Waals surface area contributed by atoms with Crippen molar-refractivity contribution in [3.05, 3.63) is 143 Å². The van der Waals surface area contributed by atoms with Gasteiger partial charge < -0.3 is 0 Å². The van der Waals surface area contributed by atoms with Crippen molar-refractivity contribution < 1.29 is 0 Å². The standard InChI is InChI=1S/C21H20.C15H16/c1-15-14-16(2)21(19-12-8-5-9-13-19)17(3)20(15)18-10-6-4-7-11-18;1-11-9-12(2)13(3)15(10-11)14-7-5-4-6-8-14/h4-14H,1-3H3;4-10H,1-3H3. The smallest absolute Gasteiger partial charge is 0.0119 e. The van der Waals surface area contributed by atoms with Crippen LogP contribution in [-0.2, 0) is 0 Å². The maximum atomic E-state index is 2.30. The minimum Gasteiger partial charge on any atom is -0.0622 e. The van der Waals surface area contributed by atoms with Crippen LogP contribution in [0.3, 0.4) is 0 Å². The number of benzene rings is 5. The summed E-state index contributed by atoms with van der Waals surface area (Å²) in [5.74, 6) is 0. The summed E-state index contributed by atoms with van der Waals surface area (Å²) in [7, 11) is 0. The Labute approximate surface area is 217 Å². The molecule has 36 heavy (non-hydrogen) atoms.